The van der Waals surface area contributed by atoms with Crippen molar-refractivity contribution in [1.29, 1.82) is 0 Å². The molecule has 0 aliphatic heterocycles. The van der Waals surface area contributed by atoms with E-state index in [0.717, 1.165) is 10.6 Å². The molecule has 0 aliphatic carbocycles. The Morgan fingerprint density at radius 3 is 2.42 bits per heavy atom. The molecule has 2 atom stereocenters. The molecule has 0 fully saturated rings. The molecule has 3 aromatic rings. The minimum atomic E-state index is -0.448. The van der Waals surface area contributed by atoms with Gasteiger partial charge in [-0.1, -0.05) is 29.8 Å². The Kier molecular flexibility index (Phi) is 5.29. The van der Waals surface area contributed by atoms with Crippen molar-refractivity contribution in [1.82, 2.24) is 10.2 Å². The summed E-state index contributed by atoms with van der Waals surface area (Å²) in [6.07, 6.45) is 0. The zero-order valence-electron chi connectivity index (χ0n) is 14.3. The highest BCUT2D eigenvalue weighted by Crippen LogP contribution is 2.23. The van der Waals surface area contributed by atoms with E-state index in [-0.39, 0.29) is 17.8 Å². The molecule has 26 heavy (non-hydrogen) atoms. The van der Waals surface area contributed by atoms with E-state index in [1.165, 1.54) is 12.1 Å². The van der Waals surface area contributed by atoms with Crippen LogP contribution in [0.1, 0.15) is 37.4 Å². The largest absolute Gasteiger partial charge is 0.415 e. The van der Waals surface area contributed by atoms with Crippen LogP contribution in [0.25, 0.3) is 11.5 Å². The van der Waals surface area contributed by atoms with Gasteiger partial charge in [0.1, 0.15) is 6.04 Å². The maximum absolute atomic E-state index is 10.7. The Balaban J connectivity index is 1.72. The first kappa shape index (κ1) is 18.0. The first-order valence-corrected chi connectivity index (χ1v) is 8.51. The third-order valence-electron chi connectivity index (χ3n) is 4.13. The van der Waals surface area contributed by atoms with E-state index in [1.807, 2.05) is 31.2 Å². The molecule has 0 unspecified atom stereocenters. The third-order valence-corrected chi connectivity index (χ3v) is 4.47. The predicted octanol–water partition coefficient (Wildman–Crippen LogP) is 3.68. The summed E-state index contributed by atoms with van der Waals surface area (Å²) < 4.78 is 5.74. The van der Waals surface area contributed by atoms with Gasteiger partial charge in [0.15, 0.2) is 6.04 Å². The summed E-state index contributed by atoms with van der Waals surface area (Å²) in [5.74, 6) is 0.817. The van der Waals surface area contributed by atoms with E-state index in [0.29, 0.717) is 17.3 Å². The number of benzene rings is 2. The molecule has 7 nitrogen and oxygen atoms in total. The van der Waals surface area contributed by atoms with Crippen molar-refractivity contribution in [3.8, 4) is 11.5 Å². The minimum absolute atomic E-state index is 0.0174. The number of nitrogens with two attached hydrogens (primary N) is 1. The van der Waals surface area contributed by atoms with Crippen molar-refractivity contribution in [2.24, 2.45) is 0 Å². The van der Waals surface area contributed by atoms with Gasteiger partial charge in [-0.15, -0.1) is 10.2 Å². The number of nitro groups is 1. The highest BCUT2D eigenvalue weighted by Gasteiger charge is 2.22. The van der Waals surface area contributed by atoms with Crippen LogP contribution in [0.3, 0.4) is 0 Å². The summed E-state index contributed by atoms with van der Waals surface area (Å²) in [7, 11) is 0. The fourth-order valence-corrected chi connectivity index (χ4v) is 3.03. The molecule has 0 aliphatic rings. The Morgan fingerprint density at radius 2 is 1.77 bits per heavy atom. The van der Waals surface area contributed by atoms with Crippen molar-refractivity contribution in [3.05, 3.63) is 75.1 Å². The fraction of sp³-hybridized carbons (Fsp3) is 0.222. The van der Waals surface area contributed by atoms with Gasteiger partial charge < -0.3 is 9.73 Å². The van der Waals surface area contributed by atoms with E-state index in [9.17, 15) is 10.1 Å². The Bertz CT molecular complexity index is 911. The van der Waals surface area contributed by atoms with Gasteiger partial charge in [0.2, 0.25) is 5.89 Å². The number of non-ortho nitro benzene ring substituents is 1. The average molecular weight is 374 g/mol. The van der Waals surface area contributed by atoms with Crippen molar-refractivity contribution < 1.29 is 14.7 Å². The maximum Gasteiger partial charge on any atom is 0.274 e. The van der Waals surface area contributed by atoms with Gasteiger partial charge in [-0.2, -0.15) is 0 Å². The zero-order chi connectivity index (χ0) is 18.7. The van der Waals surface area contributed by atoms with Crippen LogP contribution in [0, 0.1) is 10.1 Å². The van der Waals surface area contributed by atoms with Crippen LogP contribution in [-0.2, 0) is 0 Å². The van der Waals surface area contributed by atoms with Crippen LogP contribution in [0.15, 0.2) is 52.9 Å². The molecule has 0 saturated carbocycles. The van der Waals surface area contributed by atoms with Crippen molar-refractivity contribution in [3.63, 3.8) is 0 Å². The summed E-state index contributed by atoms with van der Waals surface area (Å²) in [5, 5.41) is 21.7. The van der Waals surface area contributed by atoms with Gasteiger partial charge in [-0.25, -0.2) is 0 Å². The van der Waals surface area contributed by atoms with Crippen LogP contribution in [0.4, 0.5) is 5.69 Å². The van der Waals surface area contributed by atoms with E-state index in [1.54, 1.807) is 12.1 Å². The quantitative estimate of drug-likeness (QED) is 0.524. The maximum atomic E-state index is 10.7. The summed E-state index contributed by atoms with van der Waals surface area (Å²) in [5.41, 5.74) is 1.69. The van der Waals surface area contributed by atoms with Gasteiger partial charge in [0.05, 0.1) is 4.92 Å². The first-order chi connectivity index (χ1) is 12.5. The third kappa shape index (κ3) is 3.89. The lowest BCUT2D eigenvalue weighted by Crippen LogP contribution is -2.85. The molecule has 2 N–H and O–H groups in total. The van der Waals surface area contributed by atoms with Gasteiger partial charge in [0, 0.05) is 28.3 Å². The molecular formula is C18H18ClN4O3+. The van der Waals surface area contributed by atoms with Gasteiger partial charge in [0.25, 0.3) is 11.6 Å². The number of rotatable bonds is 6. The molecule has 0 radical (unpaired) electrons. The number of aromatic nitrogens is 2. The van der Waals surface area contributed by atoms with Crippen LogP contribution in [-0.4, -0.2) is 15.1 Å². The van der Waals surface area contributed by atoms with Gasteiger partial charge >= 0.3 is 0 Å². The molecule has 3 rings (SSSR count). The smallest absolute Gasteiger partial charge is 0.274 e. The molecule has 134 valence electrons. The van der Waals surface area contributed by atoms with Crippen LogP contribution < -0.4 is 5.32 Å². The normalized spacial score (nSPS) is 13.3. The lowest BCUT2D eigenvalue weighted by Gasteiger charge is -2.15. The number of hydrogen-bond acceptors (Lipinski definition) is 5. The average Bonchev–Trinajstić information content (AvgIpc) is 3.12. The van der Waals surface area contributed by atoms with Gasteiger partial charge in [-0.3, -0.25) is 10.1 Å². The second-order valence-corrected chi connectivity index (χ2v) is 6.45. The highest BCUT2D eigenvalue weighted by atomic mass is 35.5. The van der Waals surface area contributed by atoms with Crippen LogP contribution in [0.5, 0.6) is 0 Å². The first-order valence-electron chi connectivity index (χ1n) is 8.13. The Labute approximate surface area is 155 Å². The molecule has 2 aromatic carbocycles. The van der Waals surface area contributed by atoms with Crippen LogP contribution >= 0.6 is 11.6 Å². The Morgan fingerprint density at radius 1 is 1.08 bits per heavy atom. The number of quaternary nitrogens is 1. The lowest BCUT2D eigenvalue weighted by atomic mass is 10.1. The van der Waals surface area contributed by atoms with E-state index >= 15 is 0 Å². The van der Waals surface area contributed by atoms with Crippen molar-refractivity contribution in [2.75, 3.05) is 0 Å². The monoisotopic (exact) mass is 373 g/mol. The molecular weight excluding hydrogens is 356 g/mol. The number of hydrogen-bond donors (Lipinski definition) is 1. The Hall–Kier alpha value is -2.77. The number of nitro benzene ring substituents is 1. The molecule has 0 saturated heterocycles. The standard InChI is InChI=1S/C18H17ClN4O3/c1-11(15-5-3-4-6-16(15)19)20-12(2)17-21-22-18(26-17)13-7-9-14(10-8-13)23(24)25/h3-12,20H,1-2H3/p+1/t11-,12+/m1/s1. The van der Waals surface area contributed by atoms with E-state index in [4.69, 9.17) is 16.0 Å². The van der Waals surface area contributed by atoms with Crippen molar-refractivity contribution in [2.45, 2.75) is 25.9 Å². The zero-order valence-corrected chi connectivity index (χ0v) is 15.1. The van der Waals surface area contributed by atoms with Gasteiger partial charge in [-0.05, 0) is 32.0 Å². The molecule has 1 aromatic heterocycles. The van der Waals surface area contributed by atoms with E-state index in [2.05, 4.69) is 22.4 Å². The van der Waals surface area contributed by atoms with Crippen LogP contribution in [0.2, 0.25) is 5.02 Å². The summed E-state index contributed by atoms with van der Waals surface area (Å²) >= 11 is 6.25. The molecule has 8 heteroatoms. The second-order valence-electron chi connectivity index (χ2n) is 6.04. The molecule has 0 spiro atoms. The number of halogens is 1. The second kappa shape index (κ2) is 7.63. The lowest BCUT2D eigenvalue weighted by molar-refractivity contribution is -0.730. The SMILES string of the molecule is C[C@H]([NH2+][C@H](C)c1ccccc1Cl)c1nnc(-c2ccc([N+](=O)[O-])cc2)o1. The molecule has 0 bridgehead atoms. The predicted molar refractivity (Wildman–Crippen MR) is 96.6 cm³/mol. The number of nitrogens with zero attached hydrogens (tertiary/aromatic N) is 3. The fourth-order valence-electron chi connectivity index (χ4n) is 2.72. The topological polar surface area (TPSA) is 98.7 Å². The van der Waals surface area contributed by atoms with E-state index < -0.39 is 4.92 Å². The highest BCUT2D eigenvalue weighted by molar-refractivity contribution is 6.31. The molecule has 1 heterocycles. The summed E-state index contributed by atoms with van der Waals surface area (Å²) in [6.45, 7) is 4.03. The summed E-state index contributed by atoms with van der Waals surface area (Å²) in [6, 6.07) is 13.8. The summed E-state index contributed by atoms with van der Waals surface area (Å²) in [4.78, 5) is 10.3. The van der Waals surface area contributed by atoms with Crippen molar-refractivity contribution >= 4 is 17.3 Å². The minimum Gasteiger partial charge on any atom is -0.415 e. The molecule has 0 amide bonds.